The van der Waals surface area contributed by atoms with Gasteiger partial charge in [-0.2, -0.15) is 0 Å². The Hall–Kier alpha value is -0.570. The minimum absolute atomic E-state index is 0.537. The third-order valence-corrected chi connectivity index (χ3v) is 4.71. The van der Waals surface area contributed by atoms with Crippen molar-refractivity contribution in [3.63, 3.8) is 0 Å². The Morgan fingerprint density at radius 2 is 1.89 bits per heavy atom. The second-order valence-corrected chi connectivity index (χ2v) is 5.85. The fourth-order valence-corrected chi connectivity index (χ4v) is 3.43. The van der Waals surface area contributed by atoms with E-state index in [9.17, 15) is 0 Å². The van der Waals surface area contributed by atoms with Crippen LogP contribution in [-0.2, 0) is 0 Å². The van der Waals surface area contributed by atoms with Gasteiger partial charge in [-0.25, -0.2) is 0 Å². The molecule has 2 fully saturated rings. The first-order valence-corrected chi connectivity index (χ1v) is 7.43. The van der Waals surface area contributed by atoms with Gasteiger partial charge in [0.2, 0.25) is 0 Å². The molecule has 18 heavy (non-hydrogen) atoms. The third-order valence-electron chi connectivity index (χ3n) is 4.37. The number of hydrogen-bond donors (Lipinski definition) is 1. The van der Waals surface area contributed by atoms with Crippen molar-refractivity contribution in [1.82, 2.24) is 10.2 Å². The number of piperazine rings is 1. The highest BCUT2D eigenvalue weighted by Gasteiger charge is 2.34. The van der Waals surface area contributed by atoms with E-state index in [4.69, 9.17) is 11.6 Å². The molecular formula is C15H21ClN2. The van der Waals surface area contributed by atoms with Gasteiger partial charge in [0, 0.05) is 37.2 Å². The highest BCUT2D eigenvalue weighted by molar-refractivity contribution is 6.31. The van der Waals surface area contributed by atoms with E-state index < -0.39 is 0 Å². The van der Waals surface area contributed by atoms with Gasteiger partial charge in [-0.15, -0.1) is 0 Å². The SMILES string of the molecule is Clc1ccccc1[C@H](C1CCC1)N1CCNCC1. The Labute approximate surface area is 114 Å². The van der Waals surface area contributed by atoms with Crippen molar-refractivity contribution in [2.45, 2.75) is 25.3 Å². The van der Waals surface area contributed by atoms with Crippen LogP contribution in [0.3, 0.4) is 0 Å². The molecule has 1 saturated carbocycles. The molecule has 1 N–H and O–H groups in total. The Morgan fingerprint density at radius 1 is 1.17 bits per heavy atom. The van der Waals surface area contributed by atoms with Gasteiger partial charge >= 0.3 is 0 Å². The molecule has 1 aliphatic heterocycles. The number of nitrogens with zero attached hydrogens (tertiary/aromatic N) is 1. The van der Waals surface area contributed by atoms with Gasteiger partial charge in [-0.3, -0.25) is 4.90 Å². The number of hydrogen-bond acceptors (Lipinski definition) is 2. The lowest BCUT2D eigenvalue weighted by molar-refractivity contribution is 0.0838. The monoisotopic (exact) mass is 264 g/mol. The van der Waals surface area contributed by atoms with Crippen LogP contribution in [0.15, 0.2) is 24.3 Å². The lowest BCUT2D eigenvalue weighted by Crippen LogP contribution is -2.47. The van der Waals surface area contributed by atoms with Crippen molar-refractivity contribution in [3.8, 4) is 0 Å². The first-order valence-electron chi connectivity index (χ1n) is 7.05. The zero-order valence-corrected chi connectivity index (χ0v) is 11.5. The maximum atomic E-state index is 6.42. The Balaban J connectivity index is 1.87. The predicted octanol–water partition coefficient (Wildman–Crippen LogP) is 3.09. The molecule has 3 rings (SSSR count). The van der Waals surface area contributed by atoms with Crippen molar-refractivity contribution in [3.05, 3.63) is 34.9 Å². The number of nitrogens with one attached hydrogen (secondary N) is 1. The minimum Gasteiger partial charge on any atom is -0.314 e. The quantitative estimate of drug-likeness (QED) is 0.903. The first-order chi connectivity index (χ1) is 8.86. The summed E-state index contributed by atoms with van der Waals surface area (Å²) < 4.78 is 0. The molecule has 1 saturated heterocycles. The molecule has 0 bridgehead atoms. The Bertz CT molecular complexity index is 397. The molecule has 2 nitrogen and oxygen atoms in total. The van der Waals surface area contributed by atoms with E-state index >= 15 is 0 Å². The maximum absolute atomic E-state index is 6.42. The van der Waals surface area contributed by atoms with Crippen molar-refractivity contribution in [1.29, 1.82) is 0 Å². The third kappa shape index (κ3) is 2.42. The molecular weight excluding hydrogens is 244 g/mol. The standard InChI is InChI=1S/C15H21ClN2/c16-14-7-2-1-6-13(14)15(12-4-3-5-12)18-10-8-17-9-11-18/h1-2,6-7,12,15,17H,3-5,8-11H2/t15-/m0/s1. The van der Waals surface area contributed by atoms with Crippen LogP contribution in [0.4, 0.5) is 0 Å². The summed E-state index contributed by atoms with van der Waals surface area (Å²) in [6, 6.07) is 8.93. The van der Waals surface area contributed by atoms with Gasteiger partial charge in [0.25, 0.3) is 0 Å². The summed E-state index contributed by atoms with van der Waals surface area (Å²) >= 11 is 6.42. The molecule has 3 heteroatoms. The molecule has 1 heterocycles. The summed E-state index contributed by atoms with van der Waals surface area (Å²) in [7, 11) is 0. The van der Waals surface area contributed by atoms with E-state index in [0.717, 1.165) is 37.1 Å². The lowest BCUT2D eigenvalue weighted by atomic mass is 9.76. The topological polar surface area (TPSA) is 15.3 Å². The molecule has 0 amide bonds. The molecule has 98 valence electrons. The molecule has 0 aromatic heterocycles. The van der Waals surface area contributed by atoms with E-state index in [1.54, 1.807) is 0 Å². The maximum Gasteiger partial charge on any atom is 0.0453 e. The van der Waals surface area contributed by atoms with Crippen LogP contribution in [0.5, 0.6) is 0 Å². The number of benzene rings is 1. The summed E-state index contributed by atoms with van der Waals surface area (Å²) in [6.45, 7) is 4.50. The zero-order chi connectivity index (χ0) is 12.4. The highest BCUT2D eigenvalue weighted by atomic mass is 35.5. The first kappa shape index (κ1) is 12.5. The van der Waals surface area contributed by atoms with E-state index in [1.807, 2.05) is 12.1 Å². The molecule has 1 aromatic carbocycles. The van der Waals surface area contributed by atoms with Crippen LogP contribution in [0.25, 0.3) is 0 Å². The van der Waals surface area contributed by atoms with Crippen molar-refractivity contribution in [2.75, 3.05) is 26.2 Å². The normalized spacial score (nSPS) is 23.6. The Kier molecular flexibility index (Phi) is 3.88. The van der Waals surface area contributed by atoms with E-state index in [0.29, 0.717) is 6.04 Å². The van der Waals surface area contributed by atoms with E-state index in [2.05, 4.69) is 22.3 Å². The second kappa shape index (κ2) is 5.60. The van der Waals surface area contributed by atoms with E-state index in [-0.39, 0.29) is 0 Å². The van der Waals surface area contributed by atoms with E-state index in [1.165, 1.54) is 24.8 Å². The minimum atomic E-state index is 0.537. The van der Waals surface area contributed by atoms with Gasteiger partial charge < -0.3 is 5.32 Å². The molecule has 1 aromatic rings. The molecule has 1 aliphatic carbocycles. The van der Waals surface area contributed by atoms with Crippen LogP contribution in [-0.4, -0.2) is 31.1 Å². The molecule has 0 spiro atoms. The fourth-order valence-electron chi connectivity index (χ4n) is 3.18. The van der Waals surface area contributed by atoms with Gasteiger partial charge in [0.15, 0.2) is 0 Å². The van der Waals surface area contributed by atoms with Crippen LogP contribution in [0.2, 0.25) is 5.02 Å². The largest absolute Gasteiger partial charge is 0.314 e. The van der Waals surface area contributed by atoms with Gasteiger partial charge in [-0.1, -0.05) is 36.2 Å². The Morgan fingerprint density at radius 3 is 2.50 bits per heavy atom. The summed E-state index contributed by atoms with van der Waals surface area (Å²) in [5, 5.41) is 4.37. The molecule has 1 atom stereocenters. The van der Waals surface area contributed by atoms with Gasteiger partial charge in [0.1, 0.15) is 0 Å². The van der Waals surface area contributed by atoms with Crippen LogP contribution < -0.4 is 5.32 Å². The van der Waals surface area contributed by atoms with Crippen molar-refractivity contribution < 1.29 is 0 Å². The van der Waals surface area contributed by atoms with Gasteiger partial charge in [-0.05, 0) is 30.4 Å². The molecule has 2 aliphatic rings. The summed E-state index contributed by atoms with van der Waals surface area (Å²) in [6.07, 6.45) is 4.11. The van der Waals surface area contributed by atoms with Crippen LogP contribution >= 0.6 is 11.6 Å². The highest BCUT2D eigenvalue weighted by Crippen LogP contribution is 2.43. The van der Waals surface area contributed by atoms with Crippen LogP contribution in [0, 0.1) is 5.92 Å². The molecule has 0 unspecified atom stereocenters. The molecule has 0 radical (unpaired) electrons. The average Bonchev–Trinajstić information content (AvgIpc) is 2.36. The summed E-state index contributed by atoms with van der Waals surface area (Å²) in [5.41, 5.74) is 1.34. The predicted molar refractivity (Wildman–Crippen MR) is 76.0 cm³/mol. The summed E-state index contributed by atoms with van der Waals surface area (Å²) in [4.78, 5) is 2.63. The lowest BCUT2D eigenvalue weighted by Gasteiger charge is -2.43. The van der Waals surface area contributed by atoms with Crippen LogP contribution in [0.1, 0.15) is 30.9 Å². The summed E-state index contributed by atoms with van der Waals surface area (Å²) in [5.74, 6) is 0.808. The van der Waals surface area contributed by atoms with Crippen molar-refractivity contribution in [2.24, 2.45) is 5.92 Å². The zero-order valence-electron chi connectivity index (χ0n) is 10.7. The number of rotatable bonds is 3. The average molecular weight is 265 g/mol. The number of halogens is 1. The van der Waals surface area contributed by atoms with Crippen molar-refractivity contribution >= 4 is 11.6 Å². The fraction of sp³-hybridized carbons (Fsp3) is 0.600. The smallest absolute Gasteiger partial charge is 0.0453 e. The van der Waals surface area contributed by atoms with Gasteiger partial charge in [0.05, 0.1) is 0 Å². The second-order valence-electron chi connectivity index (χ2n) is 5.44.